The Morgan fingerprint density at radius 1 is 0.879 bits per heavy atom. The number of esters is 4. The van der Waals surface area contributed by atoms with Crippen LogP contribution < -0.4 is 4.89 Å². The first kappa shape index (κ1) is 27.9. The molecule has 2 heterocycles. The number of hydrogen-bond acceptors (Lipinski definition) is 12. The molecule has 2 fully saturated rings. The molecule has 2 aliphatic rings. The van der Waals surface area contributed by atoms with Crippen LogP contribution in [0.25, 0.3) is 0 Å². The summed E-state index contributed by atoms with van der Waals surface area (Å²) in [5, 5.41) is -1.09. The quantitative estimate of drug-likeness (QED) is 0.177. The van der Waals surface area contributed by atoms with Crippen molar-refractivity contribution in [3.8, 4) is 0 Å². The van der Waals surface area contributed by atoms with E-state index in [4.69, 9.17) is 32.7 Å². The van der Waals surface area contributed by atoms with Gasteiger partial charge in [0.25, 0.3) is 0 Å². The molecule has 0 amide bonds. The SMILES string of the molecule is CC(=O)OC[C@H]1O[C@@H]([Se][P+]2([O-])OCC(C)(C)CO2)[C@H](OC(C)=O)[C@@H](OC(C)=O)[C@H]1OC(C)=O. The van der Waals surface area contributed by atoms with Crippen molar-refractivity contribution in [1.82, 2.24) is 0 Å². The Bertz CT molecular complexity index is 749. The summed E-state index contributed by atoms with van der Waals surface area (Å²) in [5.74, 6) is -2.82. The molecule has 0 bridgehead atoms. The van der Waals surface area contributed by atoms with Gasteiger partial charge in [0.1, 0.15) is 0 Å². The van der Waals surface area contributed by atoms with Crippen molar-refractivity contribution in [3.63, 3.8) is 0 Å². The molecule has 2 aliphatic heterocycles. The molecular formula is C19H29O12PSe. The van der Waals surface area contributed by atoms with Crippen LogP contribution in [-0.2, 0) is 51.9 Å². The number of carbonyl (C=O) groups is 4. The fraction of sp³-hybridized carbons (Fsp3) is 0.789. The predicted octanol–water partition coefficient (Wildman–Crippen LogP) is -0.115. The Hall–Kier alpha value is -1.33. The zero-order chi connectivity index (χ0) is 25.0. The van der Waals surface area contributed by atoms with Crippen molar-refractivity contribution in [3.05, 3.63) is 0 Å². The summed E-state index contributed by atoms with van der Waals surface area (Å²) in [6.45, 7) is 4.73. The van der Waals surface area contributed by atoms with Crippen LogP contribution in [0.5, 0.6) is 0 Å². The molecular weight excluding hydrogens is 530 g/mol. The van der Waals surface area contributed by atoms with Crippen LogP contribution >= 0.6 is 6.63 Å². The maximum atomic E-state index is 13.3. The van der Waals surface area contributed by atoms with Gasteiger partial charge >= 0.3 is 198 Å². The monoisotopic (exact) mass is 560 g/mol. The van der Waals surface area contributed by atoms with Gasteiger partial charge in [0, 0.05) is 0 Å². The third-order valence-electron chi connectivity index (χ3n) is 4.41. The molecule has 5 atom stereocenters. The molecule has 14 heteroatoms. The van der Waals surface area contributed by atoms with Crippen molar-refractivity contribution in [2.24, 2.45) is 5.41 Å². The molecule has 0 N–H and O–H groups in total. The first-order valence-corrected chi connectivity index (χ1v) is 14.8. The summed E-state index contributed by atoms with van der Waals surface area (Å²) in [6, 6.07) is 0. The van der Waals surface area contributed by atoms with E-state index in [1.54, 1.807) is 0 Å². The predicted molar refractivity (Wildman–Crippen MR) is 110 cm³/mol. The van der Waals surface area contributed by atoms with E-state index in [0.29, 0.717) is 0 Å². The first-order chi connectivity index (χ1) is 15.2. The summed E-state index contributed by atoms with van der Waals surface area (Å²) in [6.07, 6.45) is -4.97. The summed E-state index contributed by atoms with van der Waals surface area (Å²) in [5.41, 5.74) is -0.342. The van der Waals surface area contributed by atoms with E-state index in [-0.39, 0.29) is 25.2 Å². The van der Waals surface area contributed by atoms with E-state index in [0.717, 1.165) is 20.8 Å². The van der Waals surface area contributed by atoms with Gasteiger partial charge in [-0.1, -0.05) is 0 Å². The molecule has 0 aliphatic carbocycles. The van der Waals surface area contributed by atoms with Crippen molar-refractivity contribution in [2.75, 3.05) is 19.8 Å². The number of hydrogen-bond donors (Lipinski definition) is 0. The summed E-state index contributed by atoms with van der Waals surface area (Å²) in [7, 11) is 0. The number of carbonyl (C=O) groups excluding carboxylic acids is 4. The van der Waals surface area contributed by atoms with Gasteiger partial charge in [-0.15, -0.1) is 0 Å². The molecule has 12 nitrogen and oxygen atoms in total. The normalized spacial score (nSPS) is 30.6. The van der Waals surface area contributed by atoms with Crippen LogP contribution in [0.4, 0.5) is 0 Å². The molecule has 0 aromatic heterocycles. The molecule has 0 radical (unpaired) electrons. The second-order valence-electron chi connectivity index (χ2n) is 8.33. The topological polar surface area (TPSA) is 156 Å². The van der Waals surface area contributed by atoms with Crippen LogP contribution in [0.3, 0.4) is 0 Å². The molecule has 2 saturated heterocycles. The molecule has 0 aromatic carbocycles. The van der Waals surface area contributed by atoms with Gasteiger partial charge in [-0.05, 0) is 0 Å². The van der Waals surface area contributed by atoms with Crippen molar-refractivity contribution in [2.45, 2.75) is 71.0 Å². The second kappa shape index (κ2) is 11.4. The zero-order valence-electron chi connectivity index (χ0n) is 19.3. The van der Waals surface area contributed by atoms with Gasteiger partial charge < -0.3 is 0 Å². The molecule has 0 unspecified atom stereocenters. The first-order valence-electron chi connectivity index (χ1n) is 10.1. The maximum absolute atomic E-state index is 13.3. The zero-order valence-corrected chi connectivity index (χ0v) is 21.9. The number of rotatable bonds is 7. The van der Waals surface area contributed by atoms with Crippen LogP contribution in [0.15, 0.2) is 0 Å². The van der Waals surface area contributed by atoms with Gasteiger partial charge in [0.15, 0.2) is 0 Å². The number of ether oxygens (including phenoxy) is 5. The van der Waals surface area contributed by atoms with E-state index in [1.165, 1.54) is 6.92 Å². The Kier molecular flexibility index (Phi) is 9.64. The minimum absolute atomic E-state index is 0.178. The van der Waals surface area contributed by atoms with E-state index >= 15 is 0 Å². The van der Waals surface area contributed by atoms with Gasteiger partial charge in [-0.3, -0.25) is 0 Å². The Balaban J connectivity index is 2.39. The van der Waals surface area contributed by atoms with Gasteiger partial charge in [0.05, 0.1) is 0 Å². The average molecular weight is 559 g/mol. The third kappa shape index (κ3) is 8.43. The fourth-order valence-electron chi connectivity index (χ4n) is 3.05. The molecule has 188 valence electrons. The molecule has 2 rings (SSSR count). The summed E-state index contributed by atoms with van der Waals surface area (Å²) < 4.78 is 38.1. The van der Waals surface area contributed by atoms with E-state index < -0.39 is 74.4 Å². The summed E-state index contributed by atoms with van der Waals surface area (Å²) >= 11 is -1.07. The van der Waals surface area contributed by atoms with Gasteiger partial charge in [-0.2, -0.15) is 0 Å². The second-order valence-corrected chi connectivity index (χ2v) is 15.1. The molecule has 0 spiro atoms. The molecule has 0 saturated carbocycles. The summed E-state index contributed by atoms with van der Waals surface area (Å²) in [4.78, 5) is 60.1. The van der Waals surface area contributed by atoms with Crippen LogP contribution in [0, 0.1) is 5.41 Å². The van der Waals surface area contributed by atoms with Crippen LogP contribution in [-0.4, -0.2) is 87.6 Å². The Labute approximate surface area is 198 Å². The van der Waals surface area contributed by atoms with Crippen molar-refractivity contribution >= 4 is 45.0 Å². The fourth-order valence-corrected chi connectivity index (χ4v) is 9.52. The third-order valence-corrected chi connectivity index (χ3v) is 10.8. The van der Waals surface area contributed by atoms with Gasteiger partial charge in [0.2, 0.25) is 0 Å². The van der Waals surface area contributed by atoms with Crippen molar-refractivity contribution in [1.29, 1.82) is 0 Å². The van der Waals surface area contributed by atoms with E-state index in [1.807, 2.05) is 13.8 Å². The van der Waals surface area contributed by atoms with Crippen LogP contribution in [0.2, 0.25) is 0 Å². The van der Waals surface area contributed by atoms with Crippen LogP contribution in [0.1, 0.15) is 41.5 Å². The van der Waals surface area contributed by atoms with Crippen molar-refractivity contribution < 1.29 is 56.8 Å². The van der Waals surface area contributed by atoms with E-state index in [2.05, 4.69) is 0 Å². The Morgan fingerprint density at radius 2 is 1.36 bits per heavy atom. The Morgan fingerprint density at radius 3 is 1.85 bits per heavy atom. The standard InChI is InChI=1S/C19H29O12PSe/c1-10(20)25-7-14-15(28-11(2)21)16(29-12(3)22)17(30-13(4)23)18(31-14)33-32(24)26-8-19(5,6)9-27-32/h14-18H,7-9H2,1-6H3/t14-,15+,16+,17-,18+/m1/s1. The average Bonchev–Trinajstić information content (AvgIpc) is 2.67. The van der Waals surface area contributed by atoms with Gasteiger partial charge in [-0.25, -0.2) is 0 Å². The minimum atomic E-state index is -3.62. The molecule has 0 aromatic rings. The molecule has 33 heavy (non-hydrogen) atoms. The van der Waals surface area contributed by atoms with E-state index in [9.17, 15) is 24.1 Å².